The molecule has 13 heavy (non-hydrogen) atoms. The molecule has 0 radical (unpaired) electrons. The van der Waals surface area contributed by atoms with Gasteiger partial charge in [0, 0.05) is 5.39 Å². The third-order valence-corrected chi connectivity index (χ3v) is 2.11. The summed E-state index contributed by atoms with van der Waals surface area (Å²) in [6, 6.07) is 4.92. The van der Waals surface area contributed by atoms with E-state index < -0.39 is 0 Å². The number of nitrogens with two attached hydrogens (primary N) is 1. The molecule has 0 saturated heterocycles. The summed E-state index contributed by atoms with van der Waals surface area (Å²) in [5, 5.41) is 0.806. The first kappa shape index (κ1) is 8.26. The van der Waals surface area contributed by atoms with Crippen LogP contribution in [0.4, 0.5) is 4.39 Å². The van der Waals surface area contributed by atoms with Gasteiger partial charge < -0.3 is 10.2 Å². The fourth-order valence-electron chi connectivity index (χ4n) is 1.38. The highest BCUT2D eigenvalue weighted by Gasteiger charge is 2.08. The van der Waals surface area contributed by atoms with Crippen LogP contribution >= 0.6 is 0 Å². The summed E-state index contributed by atoms with van der Waals surface area (Å²) in [5.41, 5.74) is 6.70. The maximum Gasteiger partial charge on any atom is 0.170 e. The average Bonchev–Trinajstić information content (AvgIpc) is 2.56. The van der Waals surface area contributed by atoms with E-state index in [0.29, 0.717) is 17.9 Å². The topological polar surface area (TPSA) is 39.2 Å². The van der Waals surface area contributed by atoms with Gasteiger partial charge in [0.15, 0.2) is 11.4 Å². The van der Waals surface area contributed by atoms with E-state index in [0.717, 1.165) is 10.9 Å². The Morgan fingerprint density at radius 3 is 2.85 bits per heavy atom. The minimum atomic E-state index is -0.333. The molecule has 2 nitrogen and oxygen atoms in total. The fourth-order valence-corrected chi connectivity index (χ4v) is 1.38. The molecule has 2 rings (SSSR count). The van der Waals surface area contributed by atoms with Gasteiger partial charge in [-0.2, -0.15) is 0 Å². The van der Waals surface area contributed by atoms with Gasteiger partial charge in [-0.15, -0.1) is 0 Å². The van der Waals surface area contributed by atoms with E-state index in [4.69, 9.17) is 10.2 Å². The van der Waals surface area contributed by atoms with Crippen molar-refractivity contribution in [1.82, 2.24) is 0 Å². The number of rotatable bonds is 1. The van der Waals surface area contributed by atoms with Crippen molar-refractivity contribution in [3.63, 3.8) is 0 Å². The van der Waals surface area contributed by atoms with Crippen LogP contribution in [0.1, 0.15) is 11.3 Å². The Kier molecular flexibility index (Phi) is 1.81. The normalized spacial score (nSPS) is 11.0. The number of fused-ring (bicyclic) bond motifs is 1. The van der Waals surface area contributed by atoms with Crippen LogP contribution in [0.25, 0.3) is 11.0 Å². The van der Waals surface area contributed by atoms with Gasteiger partial charge in [0.1, 0.15) is 5.76 Å². The molecule has 2 aromatic rings. The third kappa shape index (κ3) is 1.21. The standard InChI is InChI=1S/C10H10FNO/c1-6-2-3-9(11)10-8(6)4-7(5-12)13-10/h2-4H,5,12H2,1H3. The molecule has 2 N–H and O–H groups in total. The highest BCUT2D eigenvalue weighted by Crippen LogP contribution is 2.24. The molecule has 0 amide bonds. The molecule has 0 atom stereocenters. The van der Waals surface area contributed by atoms with Crippen LogP contribution in [0.5, 0.6) is 0 Å². The lowest BCUT2D eigenvalue weighted by atomic mass is 10.1. The van der Waals surface area contributed by atoms with E-state index in [1.165, 1.54) is 6.07 Å². The minimum Gasteiger partial charge on any atom is -0.457 e. The molecule has 1 aromatic heterocycles. The number of aryl methyl sites for hydroxylation is 1. The molecule has 0 bridgehead atoms. The molecule has 3 heteroatoms. The second-order valence-electron chi connectivity index (χ2n) is 3.02. The number of hydrogen-bond acceptors (Lipinski definition) is 2. The second kappa shape index (κ2) is 2.85. The summed E-state index contributed by atoms with van der Waals surface area (Å²) >= 11 is 0. The van der Waals surface area contributed by atoms with Gasteiger partial charge >= 0.3 is 0 Å². The molecule has 0 aliphatic carbocycles. The Bertz CT molecular complexity index is 408. The van der Waals surface area contributed by atoms with Crippen molar-refractivity contribution in [1.29, 1.82) is 0 Å². The van der Waals surface area contributed by atoms with Crippen molar-refractivity contribution in [2.24, 2.45) is 5.73 Å². The maximum atomic E-state index is 13.2. The number of furan rings is 1. The van der Waals surface area contributed by atoms with E-state index in [9.17, 15) is 4.39 Å². The zero-order chi connectivity index (χ0) is 9.42. The summed E-state index contributed by atoms with van der Waals surface area (Å²) in [6.07, 6.45) is 0. The molecule has 0 saturated carbocycles. The lowest BCUT2D eigenvalue weighted by Gasteiger charge is -1.93. The van der Waals surface area contributed by atoms with Gasteiger partial charge in [-0.05, 0) is 24.6 Å². The molecule has 1 aromatic carbocycles. The molecule has 0 spiro atoms. The Morgan fingerprint density at radius 2 is 2.23 bits per heavy atom. The summed E-state index contributed by atoms with van der Waals surface area (Å²) in [6.45, 7) is 2.21. The highest BCUT2D eigenvalue weighted by atomic mass is 19.1. The first-order chi connectivity index (χ1) is 6.22. The van der Waals surface area contributed by atoms with Crippen LogP contribution in [0, 0.1) is 12.7 Å². The van der Waals surface area contributed by atoms with Crippen LogP contribution < -0.4 is 5.73 Å². The van der Waals surface area contributed by atoms with Crippen molar-refractivity contribution in [3.8, 4) is 0 Å². The van der Waals surface area contributed by atoms with Gasteiger partial charge in [0.05, 0.1) is 6.54 Å². The Hall–Kier alpha value is -1.35. The lowest BCUT2D eigenvalue weighted by molar-refractivity contribution is 0.521. The summed E-state index contributed by atoms with van der Waals surface area (Å²) < 4.78 is 18.4. The predicted octanol–water partition coefficient (Wildman–Crippen LogP) is 2.34. The second-order valence-corrected chi connectivity index (χ2v) is 3.02. The van der Waals surface area contributed by atoms with E-state index in [2.05, 4.69) is 0 Å². The van der Waals surface area contributed by atoms with Crippen molar-refractivity contribution < 1.29 is 8.81 Å². The molecule has 68 valence electrons. The molecular weight excluding hydrogens is 169 g/mol. The summed E-state index contributed by atoms with van der Waals surface area (Å²) in [5.74, 6) is 0.281. The largest absolute Gasteiger partial charge is 0.457 e. The van der Waals surface area contributed by atoms with Crippen molar-refractivity contribution in [2.75, 3.05) is 0 Å². The van der Waals surface area contributed by atoms with Crippen molar-refractivity contribution >= 4 is 11.0 Å². The number of benzene rings is 1. The van der Waals surface area contributed by atoms with Crippen LogP contribution in [-0.4, -0.2) is 0 Å². The van der Waals surface area contributed by atoms with E-state index in [-0.39, 0.29) is 5.82 Å². The smallest absolute Gasteiger partial charge is 0.170 e. The van der Waals surface area contributed by atoms with Crippen molar-refractivity contribution in [3.05, 3.63) is 35.3 Å². The highest BCUT2D eigenvalue weighted by molar-refractivity contribution is 5.82. The van der Waals surface area contributed by atoms with E-state index in [1.807, 2.05) is 6.92 Å². The third-order valence-electron chi connectivity index (χ3n) is 2.11. The first-order valence-corrected chi connectivity index (χ1v) is 4.10. The lowest BCUT2D eigenvalue weighted by Crippen LogP contribution is -1.92. The van der Waals surface area contributed by atoms with E-state index >= 15 is 0 Å². The number of hydrogen-bond donors (Lipinski definition) is 1. The Balaban J connectivity index is 2.80. The predicted molar refractivity (Wildman–Crippen MR) is 48.8 cm³/mol. The van der Waals surface area contributed by atoms with Gasteiger partial charge in [-0.3, -0.25) is 0 Å². The van der Waals surface area contributed by atoms with Crippen LogP contribution in [-0.2, 0) is 6.54 Å². The molecule has 0 aliphatic rings. The Morgan fingerprint density at radius 1 is 1.46 bits per heavy atom. The number of halogens is 1. The van der Waals surface area contributed by atoms with Gasteiger partial charge in [-0.1, -0.05) is 6.07 Å². The molecule has 1 heterocycles. The zero-order valence-corrected chi connectivity index (χ0v) is 7.30. The van der Waals surface area contributed by atoms with Crippen LogP contribution in [0.15, 0.2) is 22.6 Å². The molecule has 0 aliphatic heterocycles. The Labute approximate surface area is 75.1 Å². The summed E-state index contributed by atoms with van der Waals surface area (Å²) in [7, 11) is 0. The fraction of sp³-hybridized carbons (Fsp3) is 0.200. The SMILES string of the molecule is Cc1ccc(F)c2oc(CN)cc12. The van der Waals surface area contributed by atoms with Gasteiger partial charge in [0.25, 0.3) is 0 Å². The van der Waals surface area contributed by atoms with Gasteiger partial charge in [0.2, 0.25) is 0 Å². The summed E-state index contributed by atoms with van der Waals surface area (Å²) in [4.78, 5) is 0. The van der Waals surface area contributed by atoms with Crippen LogP contribution in [0.2, 0.25) is 0 Å². The van der Waals surface area contributed by atoms with E-state index in [1.54, 1.807) is 12.1 Å². The minimum absolute atomic E-state index is 0.299. The van der Waals surface area contributed by atoms with Crippen LogP contribution in [0.3, 0.4) is 0 Å². The average molecular weight is 179 g/mol. The van der Waals surface area contributed by atoms with Gasteiger partial charge in [-0.25, -0.2) is 4.39 Å². The molecular formula is C10H10FNO. The quantitative estimate of drug-likeness (QED) is 0.729. The zero-order valence-electron chi connectivity index (χ0n) is 7.30. The molecule has 0 fully saturated rings. The maximum absolute atomic E-state index is 13.2. The monoisotopic (exact) mass is 179 g/mol. The van der Waals surface area contributed by atoms with Crippen molar-refractivity contribution in [2.45, 2.75) is 13.5 Å². The first-order valence-electron chi connectivity index (χ1n) is 4.10. The molecule has 0 unspecified atom stereocenters.